The summed E-state index contributed by atoms with van der Waals surface area (Å²) in [5.41, 5.74) is 0.248. The van der Waals surface area contributed by atoms with Crippen molar-refractivity contribution in [1.29, 1.82) is 0 Å². The summed E-state index contributed by atoms with van der Waals surface area (Å²) in [6.07, 6.45) is 5.31. The molecule has 0 atom stereocenters. The summed E-state index contributed by atoms with van der Waals surface area (Å²) < 4.78 is 33.5. The first kappa shape index (κ1) is 14.1. The number of methoxy groups -OCH3 is 1. The molecule has 0 radical (unpaired) electrons. The molecule has 2 aromatic rings. The lowest BCUT2D eigenvalue weighted by Gasteiger charge is -2.02. The molecule has 1 N–H and O–H groups in total. The molecule has 2 rings (SSSR count). The van der Waals surface area contributed by atoms with Gasteiger partial charge in [-0.3, -0.25) is 18.9 Å². The number of hydrogen-bond donors (Lipinski definition) is 1. The smallest absolute Gasteiger partial charge is 0.327 e. The Hall–Kier alpha value is -2.36. The topological polar surface area (TPSA) is 108 Å². The fraction of sp³-hybridized carbons (Fsp3) is 0.300. The van der Waals surface area contributed by atoms with E-state index in [0.717, 1.165) is 0 Å². The maximum atomic E-state index is 12.0. The summed E-state index contributed by atoms with van der Waals surface area (Å²) in [4.78, 5) is 11.1. The van der Waals surface area contributed by atoms with Gasteiger partial charge in [-0.15, -0.1) is 0 Å². The highest BCUT2D eigenvalue weighted by molar-refractivity contribution is 7.92. The number of hydrogen-bond acceptors (Lipinski definition) is 6. The maximum absolute atomic E-state index is 12.0. The van der Waals surface area contributed by atoms with Gasteiger partial charge in [0.1, 0.15) is 11.4 Å². The van der Waals surface area contributed by atoms with Crippen LogP contribution in [0.15, 0.2) is 29.7 Å². The van der Waals surface area contributed by atoms with Crippen molar-refractivity contribution in [2.45, 2.75) is 11.4 Å². The SMILES string of the molecule is COC(=O)Cn1cc(NS(=O)(=O)c2cnn(C)c2)cn1. The van der Waals surface area contributed by atoms with E-state index < -0.39 is 16.0 Å². The molecule has 0 aliphatic heterocycles. The predicted molar refractivity (Wildman–Crippen MR) is 68.3 cm³/mol. The molecule has 0 amide bonds. The molecular formula is C10H13N5O4S. The molecule has 0 unspecified atom stereocenters. The second-order valence-electron chi connectivity index (χ2n) is 3.96. The number of esters is 1. The van der Waals surface area contributed by atoms with Gasteiger partial charge in [0.2, 0.25) is 0 Å². The van der Waals surface area contributed by atoms with E-state index in [4.69, 9.17) is 0 Å². The number of carbonyl (C=O) groups excluding carboxylic acids is 1. The Morgan fingerprint density at radius 1 is 1.35 bits per heavy atom. The van der Waals surface area contributed by atoms with E-state index >= 15 is 0 Å². The lowest BCUT2D eigenvalue weighted by molar-refractivity contribution is -0.141. The minimum Gasteiger partial charge on any atom is -0.468 e. The molecule has 2 aromatic heterocycles. The molecule has 0 bridgehead atoms. The van der Waals surface area contributed by atoms with Crippen LogP contribution in [0.2, 0.25) is 0 Å². The van der Waals surface area contributed by atoms with Gasteiger partial charge in [0.05, 0.1) is 25.2 Å². The molecule has 108 valence electrons. The Labute approximate surface area is 115 Å². The molecule has 9 nitrogen and oxygen atoms in total. The van der Waals surface area contributed by atoms with Crippen LogP contribution in [-0.2, 0) is 33.1 Å². The maximum Gasteiger partial charge on any atom is 0.327 e. The van der Waals surface area contributed by atoms with Gasteiger partial charge in [-0.1, -0.05) is 0 Å². The molecule has 2 heterocycles. The molecule has 0 spiro atoms. The zero-order valence-corrected chi connectivity index (χ0v) is 11.7. The van der Waals surface area contributed by atoms with Crippen molar-refractivity contribution < 1.29 is 17.9 Å². The molecular weight excluding hydrogens is 286 g/mol. The third-order valence-corrected chi connectivity index (χ3v) is 3.73. The van der Waals surface area contributed by atoms with Gasteiger partial charge in [0.15, 0.2) is 0 Å². The fourth-order valence-electron chi connectivity index (χ4n) is 1.45. The minimum atomic E-state index is -3.72. The van der Waals surface area contributed by atoms with Crippen molar-refractivity contribution in [3.8, 4) is 0 Å². The van der Waals surface area contributed by atoms with E-state index in [0.29, 0.717) is 0 Å². The van der Waals surface area contributed by atoms with Crippen LogP contribution in [0.3, 0.4) is 0 Å². The first-order valence-corrected chi connectivity index (χ1v) is 7.00. The minimum absolute atomic E-state index is 0.0423. The molecule has 0 aromatic carbocycles. The summed E-state index contributed by atoms with van der Waals surface area (Å²) in [6, 6.07) is 0. The van der Waals surface area contributed by atoms with E-state index in [1.807, 2.05) is 0 Å². The summed E-state index contributed by atoms with van der Waals surface area (Å²) >= 11 is 0. The highest BCUT2D eigenvalue weighted by Crippen LogP contribution is 2.14. The number of ether oxygens (including phenoxy) is 1. The van der Waals surface area contributed by atoms with Crippen molar-refractivity contribution >= 4 is 21.7 Å². The molecule has 10 heteroatoms. The molecule has 0 aliphatic rings. The molecule has 0 saturated carbocycles. The highest BCUT2D eigenvalue weighted by atomic mass is 32.2. The van der Waals surface area contributed by atoms with Crippen LogP contribution in [0, 0.1) is 0 Å². The number of nitrogens with one attached hydrogen (secondary N) is 1. The molecule has 0 fully saturated rings. The monoisotopic (exact) mass is 299 g/mol. The number of carbonyl (C=O) groups is 1. The second kappa shape index (κ2) is 5.33. The molecule has 0 aliphatic carbocycles. The molecule has 0 saturated heterocycles. The normalized spacial score (nSPS) is 11.3. The van der Waals surface area contributed by atoms with Gasteiger partial charge in [-0.05, 0) is 0 Å². The Kier molecular flexibility index (Phi) is 3.74. The van der Waals surface area contributed by atoms with E-state index in [-0.39, 0.29) is 17.1 Å². The summed E-state index contributed by atoms with van der Waals surface area (Å²) in [6.45, 7) is -0.0921. The summed E-state index contributed by atoms with van der Waals surface area (Å²) in [5.74, 6) is -0.477. The average molecular weight is 299 g/mol. The number of aromatic nitrogens is 4. The first-order chi connectivity index (χ1) is 9.40. The van der Waals surface area contributed by atoms with Crippen LogP contribution < -0.4 is 4.72 Å². The van der Waals surface area contributed by atoms with E-state index in [1.165, 1.54) is 41.3 Å². The van der Waals surface area contributed by atoms with Crippen LogP contribution in [0.25, 0.3) is 0 Å². The zero-order chi connectivity index (χ0) is 14.8. The standard InChI is InChI=1S/C10H13N5O4S/c1-14-6-9(4-11-14)20(17,18)13-8-3-12-15(5-8)7-10(16)19-2/h3-6,13H,7H2,1-2H3. The summed E-state index contributed by atoms with van der Waals surface area (Å²) in [7, 11) is -0.836. The first-order valence-electron chi connectivity index (χ1n) is 5.51. The third kappa shape index (κ3) is 3.15. The van der Waals surface area contributed by atoms with E-state index in [2.05, 4.69) is 19.7 Å². The number of rotatable bonds is 5. The van der Waals surface area contributed by atoms with Gasteiger partial charge in [-0.25, -0.2) is 8.42 Å². The number of sulfonamides is 1. The average Bonchev–Trinajstić information content (AvgIpc) is 2.98. The van der Waals surface area contributed by atoms with E-state index in [1.54, 1.807) is 7.05 Å². The predicted octanol–water partition coefficient (Wildman–Crippen LogP) is -0.410. The lowest BCUT2D eigenvalue weighted by atomic mass is 10.6. The van der Waals surface area contributed by atoms with Crippen LogP contribution in [0.5, 0.6) is 0 Å². The fourth-order valence-corrected chi connectivity index (χ4v) is 2.46. The quantitative estimate of drug-likeness (QED) is 0.752. The van der Waals surface area contributed by atoms with Crippen molar-refractivity contribution in [3.63, 3.8) is 0 Å². The summed E-state index contributed by atoms with van der Waals surface area (Å²) in [5, 5.41) is 7.65. The lowest BCUT2D eigenvalue weighted by Crippen LogP contribution is -2.13. The van der Waals surface area contributed by atoms with Gasteiger partial charge >= 0.3 is 5.97 Å². The zero-order valence-electron chi connectivity index (χ0n) is 10.8. The van der Waals surface area contributed by atoms with Gasteiger partial charge < -0.3 is 4.74 Å². The van der Waals surface area contributed by atoms with Crippen LogP contribution in [0.4, 0.5) is 5.69 Å². The number of nitrogens with zero attached hydrogens (tertiary/aromatic N) is 4. The van der Waals surface area contributed by atoms with Gasteiger partial charge in [-0.2, -0.15) is 10.2 Å². The van der Waals surface area contributed by atoms with Crippen molar-refractivity contribution in [1.82, 2.24) is 19.6 Å². The van der Waals surface area contributed by atoms with Gasteiger partial charge in [0, 0.05) is 19.4 Å². The Bertz CT molecular complexity index is 718. The van der Waals surface area contributed by atoms with Crippen LogP contribution >= 0.6 is 0 Å². The van der Waals surface area contributed by atoms with Crippen molar-refractivity contribution in [2.75, 3.05) is 11.8 Å². The number of anilines is 1. The van der Waals surface area contributed by atoms with E-state index in [9.17, 15) is 13.2 Å². The Morgan fingerprint density at radius 3 is 2.70 bits per heavy atom. The Balaban J connectivity index is 2.12. The van der Waals surface area contributed by atoms with Crippen LogP contribution in [-0.4, -0.2) is 41.1 Å². The second-order valence-corrected chi connectivity index (χ2v) is 5.64. The largest absolute Gasteiger partial charge is 0.468 e. The van der Waals surface area contributed by atoms with Gasteiger partial charge in [0.25, 0.3) is 10.0 Å². The third-order valence-electron chi connectivity index (χ3n) is 2.40. The van der Waals surface area contributed by atoms with Crippen LogP contribution in [0.1, 0.15) is 0 Å². The molecule has 20 heavy (non-hydrogen) atoms. The van der Waals surface area contributed by atoms with Crippen molar-refractivity contribution in [2.24, 2.45) is 7.05 Å². The number of aryl methyl sites for hydroxylation is 1. The highest BCUT2D eigenvalue weighted by Gasteiger charge is 2.17. The van der Waals surface area contributed by atoms with Crippen molar-refractivity contribution in [3.05, 3.63) is 24.8 Å². The Morgan fingerprint density at radius 2 is 2.10 bits per heavy atom.